The van der Waals surface area contributed by atoms with Crippen LogP contribution in [0.1, 0.15) is 89.5 Å². The Kier molecular flexibility index (Phi) is 11.6. The lowest BCUT2D eigenvalue weighted by Crippen LogP contribution is -2.49. The molecule has 0 spiro atoms. The molecule has 1 fully saturated rings. The van der Waals surface area contributed by atoms with Crippen molar-refractivity contribution >= 4 is 17.3 Å². The summed E-state index contributed by atoms with van der Waals surface area (Å²) in [4.78, 5) is 4.83. The van der Waals surface area contributed by atoms with Gasteiger partial charge in [0, 0.05) is 19.1 Å². The van der Waals surface area contributed by atoms with E-state index >= 15 is 0 Å². The summed E-state index contributed by atoms with van der Waals surface area (Å²) < 4.78 is 11.1. The number of nitrogens with zero attached hydrogens (tertiary/aromatic N) is 2. The zero-order chi connectivity index (χ0) is 23.3. The van der Waals surface area contributed by atoms with Crippen molar-refractivity contribution in [2.75, 3.05) is 33.5 Å². The summed E-state index contributed by atoms with van der Waals surface area (Å²) in [6.45, 7) is 6.64. The molecule has 186 valence electrons. The molecule has 1 N–H and O–H groups in total. The third-order valence-electron chi connectivity index (χ3n) is 6.99. The van der Waals surface area contributed by atoms with E-state index in [0.717, 1.165) is 55.6 Å². The van der Waals surface area contributed by atoms with Gasteiger partial charge in [0.2, 0.25) is 6.79 Å². The Labute approximate surface area is 207 Å². The first kappa shape index (κ1) is 26.1. The van der Waals surface area contributed by atoms with Gasteiger partial charge in [-0.2, -0.15) is 0 Å². The maximum Gasteiger partial charge on any atom is 0.231 e. The molecule has 1 aromatic rings. The molecule has 0 aromatic heterocycles. The third-order valence-corrected chi connectivity index (χ3v) is 7.37. The standard InChI is InChI=1S/C27H45N3O2S/c1-3-4-5-6-7-8-9-10-11-12-17-28-27(33)30(24-15-18-29(2)19-16-24)21-23-13-14-25-26(20-23)32-22-31-25/h13-14,20,24H,3-12,15-19,21-22H2,1-2H3,(H,28,33). The zero-order valence-corrected chi connectivity index (χ0v) is 21.8. The van der Waals surface area contributed by atoms with Crippen LogP contribution in [0.2, 0.25) is 0 Å². The number of ether oxygens (including phenoxy) is 2. The Morgan fingerprint density at radius 1 is 0.970 bits per heavy atom. The van der Waals surface area contributed by atoms with E-state index in [-0.39, 0.29) is 0 Å². The first-order valence-electron chi connectivity index (χ1n) is 13.3. The summed E-state index contributed by atoms with van der Waals surface area (Å²) in [5.74, 6) is 1.69. The molecule has 3 rings (SSSR count). The van der Waals surface area contributed by atoms with E-state index in [1.54, 1.807) is 0 Å². The van der Waals surface area contributed by atoms with E-state index in [9.17, 15) is 0 Å². The van der Waals surface area contributed by atoms with Gasteiger partial charge in [0.15, 0.2) is 16.6 Å². The number of piperidine rings is 1. The van der Waals surface area contributed by atoms with Gasteiger partial charge in [-0.15, -0.1) is 0 Å². The molecule has 2 aliphatic rings. The highest BCUT2D eigenvalue weighted by molar-refractivity contribution is 7.80. The maximum atomic E-state index is 5.90. The fourth-order valence-corrected chi connectivity index (χ4v) is 5.13. The molecule has 1 saturated heterocycles. The van der Waals surface area contributed by atoms with E-state index in [4.69, 9.17) is 21.7 Å². The zero-order valence-electron chi connectivity index (χ0n) is 20.9. The van der Waals surface area contributed by atoms with Crippen LogP contribution >= 0.6 is 12.2 Å². The fraction of sp³-hybridized carbons (Fsp3) is 0.741. The molecular weight excluding hydrogens is 430 g/mol. The van der Waals surface area contributed by atoms with Crippen LogP contribution in [0, 0.1) is 0 Å². The SMILES string of the molecule is CCCCCCCCCCCCNC(=S)N(Cc1ccc2c(c1)OCO2)C1CCN(C)CC1. The Hall–Kier alpha value is -1.53. The van der Waals surface area contributed by atoms with Crippen LogP contribution < -0.4 is 14.8 Å². The summed E-state index contributed by atoms with van der Waals surface area (Å²) in [5.41, 5.74) is 1.22. The van der Waals surface area contributed by atoms with Crippen molar-refractivity contribution in [2.24, 2.45) is 0 Å². The average Bonchev–Trinajstić information content (AvgIpc) is 3.29. The number of unbranched alkanes of at least 4 members (excludes halogenated alkanes) is 9. The van der Waals surface area contributed by atoms with Crippen molar-refractivity contribution in [1.29, 1.82) is 0 Å². The van der Waals surface area contributed by atoms with Crippen molar-refractivity contribution < 1.29 is 9.47 Å². The van der Waals surface area contributed by atoms with Gasteiger partial charge >= 0.3 is 0 Å². The van der Waals surface area contributed by atoms with Crippen molar-refractivity contribution in [2.45, 2.75) is 96.6 Å². The number of fused-ring (bicyclic) bond motifs is 1. The number of nitrogens with one attached hydrogen (secondary N) is 1. The lowest BCUT2D eigenvalue weighted by atomic mass is 10.0. The summed E-state index contributed by atoms with van der Waals surface area (Å²) in [6, 6.07) is 6.75. The van der Waals surface area contributed by atoms with E-state index < -0.39 is 0 Å². The molecule has 0 radical (unpaired) electrons. The first-order valence-corrected chi connectivity index (χ1v) is 13.7. The second-order valence-electron chi connectivity index (χ2n) is 9.76. The second kappa shape index (κ2) is 14.7. The normalized spacial score (nSPS) is 16.2. The maximum absolute atomic E-state index is 5.90. The molecular formula is C27H45N3O2S. The molecule has 0 aliphatic carbocycles. The molecule has 2 heterocycles. The van der Waals surface area contributed by atoms with Crippen molar-refractivity contribution in [3.05, 3.63) is 23.8 Å². The molecule has 1 aromatic carbocycles. The van der Waals surface area contributed by atoms with Gasteiger partial charge in [0.1, 0.15) is 0 Å². The molecule has 0 amide bonds. The molecule has 0 saturated carbocycles. The minimum atomic E-state index is 0.316. The highest BCUT2D eigenvalue weighted by Crippen LogP contribution is 2.33. The highest BCUT2D eigenvalue weighted by atomic mass is 32.1. The Bertz CT molecular complexity index is 707. The summed E-state index contributed by atoms with van der Waals surface area (Å²) in [7, 11) is 2.21. The van der Waals surface area contributed by atoms with Crippen LogP contribution in [0.15, 0.2) is 18.2 Å². The summed E-state index contributed by atoms with van der Waals surface area (Å²) >= 11 is 5.90. The minimum absolute atomic E-state index is 0.316. The molecule has 6 heteroatoms. The summed E-state index contributed by atoms with van der Waals surface area (Å²) in [6.07, 6.45) is 15.9. The average molecular weight is 476 g/mol. The van der Waals surface area contributed by atoms with Gasteiger partial charge in [-0.1, -0.05) is 70.8 Å². The molecule has 0 bridgehead atoms. The Morgan fingerprint density at radius 3 is 2.30 bits per heavy atom. The van der Waals surface area contributed by atoms with Crippen molar-refractivity contribution in [3.8, 4) is 11.5 Å². The Balaban J connectivity index is 1.40. The van der Waals surface area contributed by atoms with Gasteiger partial charge in [-0.3, -0.25) is 0 Å². The van der Waals surface area contributed by atoms with Gasteiger partial charge in [0.25, 0.3) is 0 Å². The van der Waals surface area contributed by atoms with Gasteiger partial charge in [0.05, 0.1) is 0 Å². The first-order chi connectivity index (χ1) is 16.2. The topological polar surface area (TPSA) is 37.0 Å². The van der Waals surface area contributed by atoms with Crippen LogP contribution in [-0.4, -0.2) is 54.4 Å². The quantitative estimate of drug-likeness (QED) is 0.259. The number of thiocarbonyl (C=S) groups is 1. The van der Waals surface area contributed by atoms with Crippen molar-refractivity contribution in [3.63, 3.8) is 0 Å². The molecule has 0 atom stereocenters. The number of rotatable bonds is 14. The van der Waals surface area contributed by atoms with Crippen LogP contribution in [0.3, 0.4) is 0 Å². The predicted molar refractivity (Wildman–Crippen MR) is 141 cm³/mol. The fourth-order valence-electron chi connectivity index (χ4n) is 4.82. The highest BCUT2D eigenvalue weighted by Gasteiger charge is 2.26. The number of hydrogen-bond acceptors (Lipinski definition) is 4. The smallest absolute Gasteiger partial charge is 0.231 e. The minimum Gasteiger partial charge on any atom is -0.454 e. The van der Waals surface area contributed by atoms with Crippen LogP contribution in [0.5, 0.6) is 11.5 Å². The number of likely N-dealkylation sites (tertiary alicyclic amines) is 1. The van der Waals surface area contributed by atoms with Crippen molar-refractivity contribution in [1.82, 2.24) is 15.1 Å². The van der Waals surface area contributed by atoms with Crippen LogP contribution in [0.25, 0.3) is 0 Å². The number of hydrogen-bond donors (Lipinski definition) is 1. The third kappa shape index (κ3) is 8.97. The second-order valence-corrected chi connectivity index (χ2v) is 10.2. The predicted octanol–water partition coefficient (Wildman–Crippen LogP) is 6.11. The van der Waals surface area contributed by atoms with E-state index in [2.05, 4.69) is 41.2 Å². The Morgan fingerprint density at radius 2 is 1.61 bits per heavy atom. The van der Waals surface area contributed by atoms with Gasteiger partial charge in [-0.05, 0) is 69.3 Å². The largest absolute Gasteiger partial charge is 0.454 e. The van der Waals surface area contributed by atoms with Gasteiger partial charge in [-0.25, -0.2) is 0 Å². The van der Waals surface area contributed by atoms with E-state index in [0.29, 0.717) is 12.8 Å². The van der Waals surface area contributed by atoms with Gasteiger partial charge < -0.3 is 24.6 Å². The molecule has 2 aliphatic heterocycles. The monoisotopic (exact) mass is 475 g/mol. The summed E-state index contributed by atoms with van der Waals surface area (Å²) in [5, 5.41) is 4.48. The van der Waals surface area contributed by atoms with E-state index in [1.165, 1.54) is 69.8 Å². The molecule has 5 nitrogen and oxygen atoms in total. The lowest BCUT2D eigenvalue weighted by molar-refractivity contribution is 0.170. The molecule has 33 heavy (non-hydrogen) atoms. The van der Waals surface area contributed by atoms with Crippen LogP contribution in [0.4, 0.5) is 0 Å². The lowest BCUT2D eigenvalue weighted by Gasteiger charge is -2.39. The van der Waals surface area contributed by atoms with Crippen LogP contribution in [-0.2, 0) is 6.54 Å². The molecule has 0 unspecified atom stereocenters. The number of benzene rings is 1. The van der Waals surface area contributed by atoms with E-state index in [1.807, 2.05) is 6.07 Å².